The third-order valence-corrected chi connectivity index (χ3v) is 5.93. The largest absolute Gasteiger partial charge is 0.482 e. The summed E-state index contributed by atoms with van der Waals surface area (Å²) in [6, 6.07) is 22.3. The molecule has 0 aliphatic carbocycles. The molecule has 1 aromatic heterocycles. The first kappa shape index (κ1) is 25.6. The van der Waals surface area contributed by atoms with Crippen molar-refractivity contribution in [3.05, 3.63) is 94.9 Å². The Morgan fingerprint density at radius 3 is 2.43 bits per heavy atom. The second-order valence-electron chi connectivity index (χ2n) is 7.97. The van der Waals surface area contributed by atoms with Crippen molar-refractivity contribution in [1.29, 1.82) is 0 Å². The summed E-state index contributed by atoms with van der Waals surface area (Å²) < 4.78 is 10.2. The average Bonchev–Trinajstić information content (AvgIpc) is 3.38. The van der Waals surface area contributed by atoms with Crippen molar-refractivity contribution in [3.8, 4) is 17.0 Å². The monoisotopic (exact) mass is 514 g/mol. The molecule has 9 heteroatoms. The summed E-state index contributed by atoms with van der Waals surface area (Å²) in [4.78, 5) is 28.5. The lowest BCUT2D eigenvalue weighted by Gasteiger charge is -2.05. The number of thiazole rings is 1. The lowest BCUT2D eigenvalue weighted by molar-refractivity contribution is -0.145. The number of benzene rings is 3. The van der Waals surface area contributed by atoms with Crippen molar-refractivity contribution in [2.45, 2.75) is 13.8 Å². The maximum Gasteiger partial charge on any atom is 0.344 e. The van der Waals surface area contributed by atoms with E-state index >= 15 is 0 Å². The van der Waals surface area contributed by atoms with Gasteiger partial charge in [-0.3, -0.25) is 4.79 Å². The lowest BCUT2D eigenvalue weighted by Crippen LogP contribution is -2.17. The van der Waals surface area contributed by atoms with E-state index in [9.17, 15) is 9.59 Å². The molecule has 0 aliphatic heterocycles. The maximum absolute atomic E-state index is 12.5. The maximum atomic E-state index is 12.5. The van der Waals surface area contributed by atoms with E-state index in [2.05, 4.69) is 20.8 Å². The Bertz CT molecular complexity index is 1360. The van der Waals surface area contributed by atoms with Gasteiger partial charge in [-0.2, -0.15) is 5.10 Å². The van der Waals surface area contributed by atoms with Crippen molar-refractivity contribution in [1.82, 2.24) is 10.4 Å². The predicted octanol–water partition coefficient (Wildman–Crippen LogP) is 5.57. The molecular formula is C28H26N4O4S. The van der Waals surface area contributed by atoms with Gasteiger partial charge in [0.2, 0.25) is 0 Å². The van der Waals surface area contributed by atoms with Crippen molar-refractivity contribution < 1.29 is 19.1 Å². The normalized spacial score (nSPS) is 10.8. The van der Waals surface area contributed by atoms with E-state index < -0.39 is 5.97 Å². The number of hydrazone groups is 1. The summed E-state index contributed by atoms with van der Waals surface area (Å²) in [6.07, 6.45) is 1.53. The number of nitrogens with one attached hydrogen (secondary N) is 2. The molecular weight excluding hydrogens is 488 g/mol. The Balaban J connectivity index is 1.28. The van der Waals surface area contributed by atoms with E-state index in [4.69, 9.17) is 9.47 Å². The smallest absolute Gasteiger partial charge is 0.344 e. The Hall–Kier alpha value is -4.50. The fourth-order valence-corrected chi connectivity index (χ4v) is 3.98. The number of nitrogens with zero attached hydrogens (tertiary/aromatic N) is 2. The van der Waals surface area contributed by atoms with Crippen LogP contribution in [0, 0.1) is 6.92 Å². The first-order chi connectivity index (χ1) is 18.0. The van der Waals surface area contributed by atoms with Crippen LogP contribution in [-0.4, -0.2) is 36.3 Å². The van der Waals surface area contributed by atoms with Crippen LogP contribution in [0.15, 0.2) is 83.3 Å². The van der Waals surface area contributed by atoms with Crippen LogP contribution < -0.4 is 15.5 Å². The third kappa shape index (κ3) is 7.49. The summed E-state index contributed by atoms with van der Waals surface area (Å²) in [5, 5.41) is 10.1. The molecule has 0 saturated heterocycles. The van der Waals surface area contributed by atoms with Gasteiger partial charge in [-0.15, -0.1) is 11.3 Å². The molecule has 4 aromatic rings. The summed E-state index contributed by atoms with van der Waals surface area (Å²) in [6.45, 7) is 3.95. The number of aryl methyl sites for hydroxylation is 1. The molecule has 0 radical (unpaired) electrons. The number of hydrogen-bond donors (Lipinski definition) is 2. The van der Waals surface area contributed by atoms with E-state index in [1.165, 1.54) is 23.1 Å². The first-order valence-corrected chi connectivity index (χ1v) is 12.5. The fraction of sp³-hybridized carbons (Fsp3) is 0.143. The molecule has 8 nitrogen and oxygen atoms in total. The molecule has 0 bridgehead atoms. The molecule has 0 fully saturated rings. The van der Waals surface area contributed by atoms with Gasteiger partial charge in [0.25, 0.3) is 5.91 Å². The highest BCUT2D eigenvalue weighted by atomic mass is 32.1. The van der Waals surface area contributed by atoms with Crippen LogP contribution in [0.5, 0.6) is 5.75 Å². The molecule has 0 aliphatic rings. The number of carbonyl (C=O) groups is 2. The molecule has 37 heavy (non-hydrogen) atoms. The molecule has 0 saturated carbocycles. The Labute approximate surface area is 219 Å². The van der Waals surface area contributed by atoms with Gasteiger partial charge in [0, 0.05) is 22.2 Å². The summed E-state index contributed by atoms with van der Waals surface area (Å²) in [5.74, 6) is -0.208. The van der Waals surface area contributed by atoms with Gasteiger partial charge in [-0.05, 0) is 67.9 Å². The van der Waals surface area contributed by atoms with Crippen LogP contribution in [0.2, 0.25) is 0 Å². The highest BCUT2D eigenvalue weighted by Crippen LogP contribution is 2.27. The van der Waals surface area contributed by atoms with Crippen molar-refractivity contribution in [3.63, 3.8) is 0 Å². The van der Waals surface area contributed by atoms with E-state index in [1.807, 2.05) is 48.7 Å². The summed E-state index contributed by atoms with van der Waals surface area (Å²) >= 11 is 1.52. The number of aromatic nitrogens is 1. The molecule has 1 amide bonds. The quantitative estimate of drug-likeness (QED) is 0.163. The molecule has 3 aromatic carbocycles. The third-order valence-electron chi connectivity index (χ3n) is 5.17. The zero-order valence-electron chi connectivity index (χ0n) is 20.4. The van der Waals surface area contributed by atoms with Crippen LogP contribution in [0.1, 0.15) is 28.4 Å². The average molecular weight is 515 g/mol. The summed E-state index contributed by atoms with van der Waals surface area (Å²) in [7, 11) is 0. The highest BCUT2D eigenvalue weighted by molar-refractivity contribution is 7.14. The van der Waals surface area contributed by atoms with Crippen LogP contribution in [-0.2, 0) is 9.53 Å². The molecule has 0 spiro atoms. The lowest BCUT2D eigenvalue weighted by atomic mass is 10.1. The van der Waals surface area contributed by atoms with E-state index in [-0.39, 0.29) is 12.5 Å². The van der Waals surface area contributed by atoms with Gasteiger partial charge in [0.05, 0.1) is 18.5 Å². The van der Waals surface area contributed by atoms with E-state index in [0.29, 0.717) is 17.9 Å². The van der Waals surface area contributed by atoms with E-state index in [0.717, 1.165) is 27.6 Å². The fourth-order valence-electron chi connectivity index (χ4n) is 3.24. The second kappa shape index (κ2) is 12.5. The minimum atomic E-state index is -0.421. The Kier molecular flexibility index (Phi) is 8.62. The van der Waals surface area contributed by atoms with Crippen LogP contribution in [0.4, 0.5) is 10.8 Å². The van der Waals surface area contributed by atoms with Crippen LogP contribution >= 0.6 is 11.3 Å². The predicted molar refractivity (Wildman–Crippen MR) is 146 cm³/mol. The molecule has 0 atom stereocenters. The first-order valence-electron chi connectivity index (χ1n) is 11.6. The Morgan fingerprint density at radius 2 is 1.73 bits per heavy atom. The number of hydrogen-bond acceptors (Lipinski definition) is 8. The van der Waals surface area contributed by atoms with Crippen LogP contribution in [0.25, 0.3) is 11.3 Å². The molecule has 188 valence electrons. The van der Waals surface area contributed by atoms with E-state index in [1.54, 1.807) is 43.3 Å². The number of carbonyl (C=O) groups excluding carboxylic acids is 2. The van der Waals surface area contributed by atoms with Crippen LogP contribution in [0.3, 0.4) is 0 Å². The topological polar surface area (TPSA) is 102 Å². The van der Waals surface area contributed by atoms with Gasteiger partial charge in [-0.25, -0.2) is 15.2 Å². The number of ether oxygens (including phenoxy) is 2. The molecule has 0 unspecified atom stereocenters. The SMILES string of the molecule is CCOC(=O)COc1ccc(/C=N\NC(=O)c2ccc(-c3csc(Nc4ccc(C)cc4)n3)cc2)cc1. The number of anilines is 2. The second-order valence-corrected chi connectivity index (χ2v) is 8.83. The van der Waals surface area contributed by atoms with Crippen molar-refractivity contribution in [2.24, 2.45) is 5.10 Å². The zero-order valence-corrected chi connectivity index (χ0v) is 21.2. The highest BCUT2D eigenvalue weighted by Gasteiger charge is 2.08. The molecule has 1 heterocycles. The Morgan fingerprint density at radius 1 is 1.00 bits per heavy atom. The van der Waals surface area contributed by atoms with Gasteiger partial charge in [0.15, 0.2) is 11.7 Å². The minimum absolute atomic E-state index is 0.149. The molecule has 2 N–H and O–H groups in total. The van der Waals surface area contributed by atoms with Crippen molar-refractivity contribution >= 4 is 40.2 Å². The standard InChI is InChI=1S/C28H26N4O4S/c1-3-35-26(33)17-36-24-14-6-20(7-15-24)16-29-32-27(34)22-10-8-21(9-11-22)25-18-37-28(31-25)30-23-12-4-19(2)5-13-23/h4-16,18H,3,17H2,1-2H3,(H,30,31)(H,32,34)/b29-16-. The number of esters is 1. The van der Waals surface area contributed by atoms with Gasteiger partial charge >= 0.3 is 5.97 Å². The number of rotatable bonds is 10. The van der Waals surface area contributed by atoms with Gasteiger partial charge < -0.3 is 14.8 Å². The van der Waals surface area contributed by atoms with Crippen molar-refractivity contribution in [2.75, 3.05) is 18.5 Å². The minimum Gasteiger partial charge on any atom is -0.482 e. The number of amides is 1. The van der Waals surface area contributed by atoms with Gasteiger partial charge in [-0.1, -0.05) is 29.8 Å². The molecule has 4 rings (SSSR count). The zero-order chi connectivity index (χ0) is 26.0. The van der Waals surface area contributed by atoms with Gasteiger partial charge in [0.1, 0.15) is 5.75 Å². The summed E-state index contributed by atoms with van der Waals surface area (Å²) in [5.41, 5.74) is 7.70.